The molecule has 1 atom stereocenters. The van der Waals surface area contributed by atoms with Gasteiger partial charge in [0.15, 0.2) is 0 Å². The van der Waals surface area contributed by atoms with Crippen molar-refractivity contribution in [3.05, 3.63) is 65.7 Å². The summed E-state index contributed by atoms with van der Waals surface area (Å²) in [5.74, 6) is 0.134. The van der Waals surface area contributed by atoms with Gasteiger partial charge in [0.1, 0.15) is 0 Å². The zero-order chi connectivity index (χ0) is 15.4. The number of aryl methyl sites for hydroxylation is 1. The average Bonchev–Trinajstić information content (AvgIpc) is 3.08. The number of carbonyl (C=O) groups excluding carboxylic acids is 1. The fourth-order valence-corrected chi connectivity index (χ4v) is 2.74. The van der Waals surface area contributed by atoms with Gasteiger partial charge in [0.05, 0.1) is 19.1 Å². The first-order chi connectivity index (χ1) is 10.7. The van der Waals surface area contributed by atoms with Crippen molar-refractivity contribution in [3.63, 3.8) is 0 Å². The maximum Gasteiger partial charge on any atom is 0.232 e. The van der Waals surface area contributed by atoms with Crippen molar-refractivity contribution >= 4 is 11.6 Å². The maximum atomic E-state index is 12.9. The van der Waals surface area contributed by atoms with Crippen molar-refractivity contribution in [1.29, 1.82) is 0 Å². The quantitative estimate of drug-likeness (QED) is 0.863. The predicted octanol–water partition coefficient (Wildman–Crippen LogP) is 3.56. The van der Waals surface area contributed by atoms with E-state index in [0.29, 0.717) is 19.8 Å². The lowest BCUT2D eigenvalue weighted by atomic mass is 10.1. The van der Waals surface area contributed by atoms with E-state index >= 15 is 0 Å². The molecule has 3 rings (SSSR count). The zero-order valence-corrected chi connectivity index (χ0v) is 12.9. The summed E-state index contributed by atoms with van der Waals surface area (Å²) in [4.78, 5) is 14.8. The van der Waals surface area contributed by atoms with Crippen LogP contribution in [0.25, 0.3) is 0 Å². The van der Waals surface area contributed by atoms with Gasteiger partial charge in [-0.2, -0.15) is 0 Å². The van der Waals surface area contributed by atoms with Crippen molar-refractivity contribution in [2.24, 2.45) is 5.92 Å². The highest BCUT2D eigenvalue weighted by Crippen LogP contribution is 2.24. The molecule has 0 aromatic heterocycles. The van der Waals surface area contributed by atoms with Crippen molar-refractivity contribution in [1.82, 2.24) is 0 Å². The fraction of sp³-hybridized carbons (Fsp3) is 0.316. The lowest BCUT2D eigenvalue weighted by molar-refractivity contribution is -0.122. The fourth-order valence-electron chi connectivity index (χ4n) is 2.74. The van der Waals surface area contributed by atoms with Crippen LogP contribution in [0.3, 0.4) is 0 Å². The normalized spacial score (nSPS) is 17.4. The topological polar surface area (TPSA) is 29.5 Å². The van der Waals surface area contributed by atoms with Gasteiger partial charge >= 0.3 is 0 Å². The highest BCUT2D eigenvalue weighted by molar-refractivity contribution is 5.95. The largest absolute Gasteiger partial charge is 0.381 e. The molecular formula is C19H21NO2. The summed E-state index contributed by atoms with van der Waals surface area (Å²) in [6.07, 6.45) is 0.815. The molecule has 1 heterocycles. The van der Waals surface area contributed by atoms with Crippen LogP contribution in [0.2, 0.25) is 0 Å². The van der Waals surface area contributed by atoms with Crippen LogP contribution in [0.1, 0.15) is 17.5 Å². The van der Waals surface area contributed by atoms with Crippen LogP contribution >= 0.6 is 0 Å². The minimum Gasteiger partial charge on any atom is -0.381 e. The standard InChI is InChI=1S/C19H21NO2/c1-15-7-9-18(10-8-15)20(13-16-5-3-2-4-6-16)19(21)17-11-12-22-14-17/h2-10,17H,11-14H2,1H3. The molecule has 0 N–H and O–H groups in total. The first-order valence-electron chi connectivity index (χ1n) is 7.74. The molecule has 3 nitrogen and oxygen atoms in total. The second kappa shape index (κ2) is 6.75. The second-order valence-corrected chi connectivity index (χ2v) is 5.81. The van der Waals surface area contributed by atoms with Gasteiger partial charge in [-0.25, -0.2) is 0 Å². The average molecular weight is 295 g/mol. The van der Waals surface area contributed by atoms with E-state index in [0.717, 1.165) is 17.7 Å². The van der Waals surface area contributed by atoms with Crippen molar-refractivity contribution in [2.75, 3.05) is 18.1 Å². The third-order valence-electron chi connectivity index (χ3n) is 4.07. The molecule has 0 saturated carbocycles. The SMILES string of the molecule is Cc1ccc(N(Cc2ccccc2)C(=O)C2CCOC2)cc1. The van der Waals surface area contributed by atoms with Crippen LogP contribution < -0.4 is 4.90 Å². The van der Waals surface area contributed by atoms with Crippen molar-refractivity contribution < 1.29 is 9.53 Å². The van der Waals surface area contributed by atoms with Gasteiger partial charge in [0, 0.05) is 12.3 Å². The van der Waals surface area contributed by atoms with Crippen LogP contribution in [0.15, 0.2) is 54.6 Å². The number of hydrogen-bond acceptors (Lipinski definition) is 2. The highest BCUT2D eigenvalue weighted by atomic mass is 16.5. The van der Waals surface area contributed by atoms with Gasteiger partial charge in [0.25, 0.3) is 0 Å². The molecule has 1 aliphatic heterocycles. The number of benzene rings is 2. The van der Waals surface area contributed by atoms with Crippen LogP contribution in [-0.2, 0) is 16.1 Å². The van der Waals surface area contributed by atoms with Crippen LogP contribution in [-0.4, -0.2) is 19.1 Å². The van der Waals surface area contributed by atoms with Gasteiger partial charge < -0.3 is 9.64 Å². The molecule has 3 heteroatoms. The van der Waals surface area contributed by atoms with Gasteiger partial charge in [-0.15, -0.1) is 0 Å². The summed E-state index contributed by atoms with van der Waals surface area (Å²) >= 11 is 0. The molecular weight excluding hydrogens is 274 g/mol. The number of hydrogen-bond donors (Lipinski definition) is 0. The Labute approximate surface area is 131 Å². The van der Waals surface area contributed by atoms with Gasteiger partial charge in [-0.1, -0.05) is 48.0 Å². The Balaban J connectivity index is 1.87. The van der Waals surface area contributed by atoms with Gasteiger partial charge in [-0.3, -0.25) is 4.79 Å². The summed E-state index contributed by atoms with van der Waals surface area (Å²) in [6.45, 7) is 3.87. The molecule has 0 radical (unpaired) electrons. The Bertz CT molecular complexity index is 616. The molecule has 0 aliphatic carbocycles. The highest BCUT2D eigenvalue weighted by Gasteiger charge is 2.28. The summed E-state index contributed by atoms with van der Waals surface area (Å²) in [5, 5.41) is 0. The second-order valence-electron chi connectivity index (χ2n) is 5.81. The third-order valence-corrected chi connectivity index (χ3v) is 4.07. The summed E-state index contributed by atoms with van der Waals surface area (Å²) in [6, 6.07) is 18.2. The molecule has 1 unspecified atom stereocenters. The van der Waals surface area contributed by atoms with Crippen LogP contribution in [0.5, 0.6) is 0 Å². The zero-order valence-electron chi connectivity index (χ0n) is 12.9. The molecule has 2 aromatic rings. The van der Waals surface area contributed by atoms with Crippen molar-refractivity contribution in [3.8, 4) is 0 Å². The number of amides is 1. The molecule has 0 bridgehead atoms. The van der Waals surface area contributed by atoms with Crippen LogP contribution in [0.4, 0.5) is 5.69 Å². The molecule has 114 valence electrons. The summed E-state index contributed by atoms with van der Waals surface area (Å²) in [7, 11) is 0. The van der Waals surface area contributed by atoms with Gasteiger partial charge in [0.2, 0.25) is 5.91 Å². The number of rotatable bonds is 4. The maximum absolute atomic E-state index is 12.9. The minimum absolute atomic E-state index is 0.0231. The van der Waals surface area contributed by atoms with E-state index in [1.54, 1.807) is 0 Å². The number of anilines is 1. The monoisotopic (exact) mass is 295 g/mol. The minimum atomic E-state index is -0.0231. The molecule has 2 aromatic carbocycles. The molecule has 1 fully saturated rings. The van der Waals surface area contributed by atoms with Gasteiger partial charge in [-0.05, 0) is 31.0 Å². The molecule has 1 amide bonds. The van der Waals surface area contributed by atoms with E-state index in [-0.39, 0.29) is 11.8 Å². The number of nitrogens with zero attached hydrogens (tertiary/aromatic N) is 1. The summed E-state index contributed by atoms with van der Waals surface area (Å²) in [5.41, 5.74) is 3.28. The molecule has 1 aliphatic rings. The lowest BCUT2D eigenvalue weighted by Gasteiger charge is -2.25. The first-order valence-corrected chi connectivity index (χ1v) is 7.74. The summed E-state index contributed by atoms with van der Waals surface area (Å²) < 4.78 is 5.39. The smallest absolute Gasteiger partial charge is 0.232 e. The Hall–Kier alpha value is -2.13. The molecule has 0 spiro atoms. The predicted molar refractivity (Wildman–Crippen MR) is 87.7 cm³/mol. The Morgan fingerprint density at radius 3 is 2.50 bits per heavy atom. The van der Waals surface area contributed by atoms with E-state index in [1.807, 2.05) is 47.4 Å². The number of ether oxygens (including phenoxy) is 1. The van der Waals surface area contributed by atoms with Crippen molar-refractivity contribution in [2.45, 2.75) is 19.9 Å². The van der Waals surface area contributed by atoms with E-state index in [4.69, 9.17) is 4.74 Å². The Morgan fingerprint density at radius 1 is 1.14 bits per heavy atom. The van der Waals surface area contributed by atoms with Crippen LogP contribution in [0, 0.1) is 12.8 Å². The molecule has 22 heavy (non-hydrogen) atoms. The van der Waals surface area contributed by atoms with E-state index in [2.05, 4.69) is 19.1 Å². The molecule has 1 saturated heterocycles. The third kappa shape index (κ3) is 3.37. The van der Waals surface area contributed by atoms with E-state index in [9.17, 15) is 4.79 Å². The lowest BCUT2D eigenvalue weighted by Crippen LogP contribution is -2.36. The number of carbonyl (C=O) groups is 1. The Morgan fingerprint density at radius 2 is 1.86 bits per heavy atom. The first kappa shape index (κ1) is 14.8. The Kier molecular flexibility index (Phi) is 4.54. The van der Waals surface area contributed by atoms with E-state index < -0.39 is 0 Å². The van der Waals surface area contributed by atoms with E-state index in [1.165, 1.54) is 5.56 Å².